The van der Waals surface area contributed by atoms with E-state index in [4.69, 9.17) is 4.74 Å². The molecule has 0 bridgehead atoms. The van der Waals surface area contributed by atoms with Crippen molar-refractivity contribution in [1.29, 1.82) is 0 Å². The van der Waals surface area contributed by atoms with E-state index in [9.17, 15) is 0 Å². The van der Waals surface area contributed by atoms with E-state index in [0.29, 0.717) is 12.1 Å². The molecule has 0 spiro atoms. The zero-order valence-electron chi connectivity index (χ0n) is 12.8. The van der Waals surface area contributed by atoms with Crippen molar-refractivity contribution in [3.63, 3.8) is 0 Å². The molecule has 0 aromatic heterocycles. The molecule has 2 rings (SSSR count). The van der Waals surface area contributed by atoms with Gasteiger partial charge in [-0.1, -0.05) is 41.9 Å². The molecule has 1 heterocycles. The molecule has 3 heteroatoms. The maximum absolute atomic E-state index is 5.94. The number of nitrogens with one attached hydrogen (secondary N) is 1. The van der Waals surface area contributed by atoms with E-state index in [1.807, 2.05) is 0 Å². The van der Waals surface area contributed by atoms with Gasteiger partial charge in [-0.15, -0.1) is 0 Å². The molecule has 0 radical (unpaired) electrons. The lowest BCUT2D eigenvalue weighted by Gasteiger charge is -2.39. The summed E-state index contributed by atoms with van der Waals surface area (Å²) in [5.41, 5.74) is 1.42. The fourth-order valence-electron chi connectivity index (χ4n) is 2.95. The van der Waals surface area contributed by atoms with Crippen molar-refractivity contribution >= 4 is 15.9 Å². The second-order valence-electron chi connectivity index (χ2n) is 6.02. The summed E-state index contributed by atoms with van der Waals surface area (Å²) in [6.07, 6.45) is 4.42. The first-order chi connectivity index (χ1) is 9.56. The normalized spacial score (nSPS) is 28.3. The molecule has 1 aromatic rings. The van der Waals surface area contributed by atoms with Gasteiger partial charge in [0.05, 0.1) is 5.60 Å². The van der Waals surface area contributed by atoms with Gasteiger partial charge in [0.2, 0.25) is 0 Å². The van der Waals surface area contributed by atoms with Gasteiger partial charge in [-0.25, -0.2) is 0 Å². The van der Waals surface area contributed by atoms with Crippen LogP contribution in [0.4, 0.5) is 0 Å². The van der Waals surface area contributed by atoms with Crippen molar-refractivity contribution in [3.8, 4) is 0 Å². The lowest BCUT2D eigenvalue weighted by molar-refractivity contribution is -0.0792. The molecule has 3 atom stereocenters. The summed E-state index contributed by atoms with van der Waals surface area (Å²) in [5.74, 6) is 0. The summed E-state index contributed by atoms with van der Waals surface area (Å²) in [6, 6.07) is 9.67. The van der Waals surface area contributed by atoms with Crippen LogP contribution in [-0.4, -0.2) is 18.2 Å². The lowest BCUT2D eigenvalue weighted by Crippen LogP contribution is -2.46. The van der Waals surface area contributed by atoms with Gasteiger partial charge in [0, 0.05) is 23.2 Å². The van der Waals surface area contributed by atoms with Gasteiger partial charge in [-0.2, -0.15) is 0 Å². The van der Waals surface area contributed by atoms with Crippen LogP contribution in [0, 0.1) is 0 Å². The number of halogens is 1. The number of rotatable bonds is 5. The molecule has 1 aliphatic rings. The summed E-state index contributed by atoms with van der Waals surface area (Å²) < 4.78 is 7.07. The first-order valence-electron chi connectivity index (χ1n) is 7.72. The van der Waals surface area contributed by atoms with E-state index in [-0.39, 0.29) is 5.60 Å². The Kier molecular flexibility index (Phi) is 5.65. The molecule has 0 amide bonds. The van der Waals surface area contributed by atoms with Gasteiger partial charge in [0.25, 0.3) is 0 Å². The fourth-order valence-corrected chi connectivity index (χ4v) is 3.21. The monoisotopic (exact) mass is 339 g/mol. The van der Waals surface area contributed by atoms with Gasteiger partial charge in [0.15, 0.2) is 0 Å². The summed E-state index contributed by atoms with van der Waals surface area (Å²) >= 11 is 3.50. The molecule has 1 aromatic carbocycles. The summed E-state index contributed by atoms with van der Waals surface area (Å²) in [5, 5.41) is 3.84. The average molecular weight is 340 g/mol. The summed E-state index contributed by atoms with van der Waals surface area (Å²) in [6.45, 7) is 7.58. The van der Waals surface area contributed by atoms with Crippen molar-refractivity contribution in [2.24, 2.45) is 0 Å². The standard InChI is InChI=1S/C17H26BrNO/c1-4-16(13-6-8-14(18)9-7-13)19-15-10-11-20-17(3,5-2)12-15/h6-9,15-16,19H,4-5,10-12H2,1-3H3. The van der Waals surface area contributed by atoms with Crippen LogP contribution in [0.15, 0.2) is 28.7 Å². The third kappa shape index (κ3) is 4.06. The van der Waals surface area contributed by atoms with Gasteiger partial charge in [-0.05, 0) is 50.3 Å². The molecule has 3 unspecified atom stereocenters. The van der Waals surface area contributed by atoms with Crippen molar-refractivity contribution in [2.75, 3.05) is 6.61 Å². The van der Waals surface area contributed by atoms with Crippen LogP contribution in [-0.2, 0) is 4.74 Å². The molecule has 1 N–H and O–H groups in total. The van der Waals surface area contributed by atoms with E-state index in [1.54, 1.807) is 0 Å². The highest BCUT2D eigenvalue weighted by Crippen LogP contribution is 2.30. The summed E-state index contributed by atoms with van der Waals surface area (Å²) in [7, 11) is 0. The largest absolute Gasteiger partial charge is 0.375 e. The topological polar surface area (TPSA) is 21.3 Å². The van der Waals surface area contributed by atoms with Gasteiger partial charge >= 0.3 is 0 Å². The highest BCUT2D eigenvalue weighted by molar-refractivity contribution is 9.10. The SMILES string of the molecule is CCC(NC1CCOC(C)(CC)C1)c1ccc(Br)cc1. The number of ether oxygens (including phenoxy) is 1. The Bertz CT molecular complexity index is 420. The lowest BCUT2D eigenvalue weighted by atomic mass is 9.89. The Labute approximate surface area is 131 Å². The molecular weight excluding hydrogens is 314 g/mol. The van der Waals surface area contributed by atoms with Crippen molar-refractivity contribution < 1.29 is 4.74 Å². The van der Waals surface area contributed by atoms with Gasteiger partial charge in [0.1, 0.15) is 0 Å². The van der Waals surface area contributed by atoms with Crippen molar-refractivity contribution in [3.05, 3.63) is 34.3 Å². The molecule has 112 valence electrons. The minimum Gasteiger partial charge on any atom is -0.375 e. The maximum atomic E-state index is 5.94. The van der Waals surface area contributed by atoms with Crippen LogP contribution < -0.4 is 5.32 Å². The van der Waals surface area contributed by atoms with Crippen LogP contribution in [0.5, 0.6) is 0 Å². The molecule has 0 aliphatic carbocycles. The highest BCUT2D eigenvalue weighted by Gasteiger charge is 2.32. The average Bonchev–Trinajstić information content (AvgIpc) is 2.46. The van der Waals surface area contributed by atoms with Gasteiger partial charge in [-0.3, -0.25) is 0 Å². The molecule has 20 heavy (non-hydrogen) atoms. The smallest absolute Gasteiger partial charge is 0.0666 e. The minimum absolute atomic E-state index is 0.0495. The molecule has 1 saturated heterocycles. The van der Waals surface area contributed by atoms with E-state index in [1.165, 1.54) is 5.56 Å². The predicted octanol–water partition coefficient (Wildman–Crippen LogP) is 4.84. The molecular formula is C17H26BrNO. The number of hydrogen-bond acceptors (Lipinski definition) is 2. The van der Waals surface area contributed by atoms with Crippen molar-refractivity contribution in [2.45, 2.75) is 64.1 Å². The zero-order valence-corrected chi connectivity index (χ0v) is 14.4. The Morgan fingerprint density at radius 3 is 2.65 bits per heavy atom. The molecule has 0 saturated carbocycles. The van der Waals surface area contributed by atoms with Crippen LogP contribution in [0.1, 0.15) is 58.1 Å². The van der Waals surface area contributed by atoms with Crippen LogP contribution in [0.2, 0.25) is 0 Å². The zero-order chi connectivity index (χ0) is 14.6. The van der Waals surface area contributed by atoms with Crippen LogP contribution in [0.3, 0.4) is 0 Å². The Hall–Kier alpha value is -0.380. The Balaban J connectivity index is 2.01. The molecule has 2 nitrogen and oxygen atoms in total. The third-order valence-corrected chi connectivity index (χ3v) is 4.99. The van der Waals surface area contributed by atoms with Crippen molar-refractivity contribution in [1.82, 2.24) is 5.32 Å². The number of hydrogen-bond donors (Lipinski definition) is 1. The highest BCUT2D eigenvalue weighted by atomic mass is 79.9. The minimum atomic E-state index is 0.0495. The van der Waals surface area contributed by atoms with E-state index in [0.717, 1.165) is 36.8 Å². The second kappa shape index (κ2) is 7.06. The molecule has 1 aliphatic heterocycles. The quantitative estimate of drug-likeness (QED) is 0.828. The van der Waals surface area contributed by atoms with Crippen LogP contribution in [0.25, 0.3) is 0 Å². The Morgan fingerprint density at radius 1 is 1.35 bits per heavy atom. The van der Waals surface area contributed by atoms with Crippen LogP contribution >= 0.6 is 15.9 Å². The molecule has 1 fully saturated rings. The Morgan fingerprint density at radius 2 is 2.05 bits per heavy atom. The fraction of sp³-hybridized carbons (Fsp3) is 0.647. The maximum Gasteiger partial charge on any atom is 0.0666 e. The van der Waals surface area contributed by atoms with E-state index in [2.05, 4.69) is 66.3 Å². The number of benzene rings is 1. The van der Waals surface area contributed by atoms with E-state index < -0.39 is 0 Å². The third-order valence-electron chi connectivity index (χ3n) is 4.46. The summed E-state index contributed by atoms with van der Waals surface area (Å²) in [4.78, 5) is 0. The van der Waals surface area contributed by atoms with Gasteiger partial charge < -0.3 is 10.1 Å². The second-order valence-corrected chi connectivity index (χ2v) is 6.94. The first kappa shape index (κ1) is 16.0. The first-order valence-corrected chi connectivity index (χ1v) is 8.51. The predicted molar refractivity (Wildman–Crippen MR) is 88.0 cm³/mol. The van der Waals surface area contributed by atoms with E-state index >= 15 is 0 Å².